The highest BCUT2D eigenvalue weighted by molar-refractivity contribution is 6.43. The number of terminal acetylenes is 1. The van der Waals surface area contributed by atoms with E-state index in [1.165, 1.54) is 19.1 Å². The molecule has 1 aliphatic rings. The fraction of sp³-hybridized carbons (Fsp3) is 0.105. The first-order valence-corrected chi connectivity index (χ1v) is 8.33. The summed E-state index contributed by atoms with van der Waals surface area (Å²) in [5.41, 5.74) is 1.32. The van der Waals surface area contributed by atoms with Crippen LogP contribution in [0, 0.1) is 12.3 Å². The van der Waals surface area contributed by atoms with Crippen molar-refractivity contribution in [1.29, 1.82) is 0 Å². The third kappa shape index (κ3) is 3.05. The molecule has 0 fully saturated rings. The van der Waals surface area contributed by atoms with E-state index < -0.39 is 23.8 Å². The summed E-state index contributed by atoms with van der Waals surface area (Å²) in [7, 11) is 0. The second-order valence-electron chi connectivity index (χ2n) is 5.68. The van der Waals surface area contributed by atoms with Gasteiger partial charge in [-0.2, -0.15) is 0 Å². The van der Waals surface area contributed by atoms with Crippen LogP contribution in [-0.4, -0.2) is 28.7 Å². The number of fused-ring (bicyclic) bond motifs is 1. The molecule has 1 heterocycles. The maximum absolute atomic E-state index is 12.6. The van der Waals surface area contributed by atoms with Crippen LogP contribution in [0.1, 0.15) is 33.2 Å². The predicted molar refractivity (Wildman–Crippen MR) is 99.4 cm³/mol. The minimum Gasteiger partial charge on any atom is -0.324 e. The van der Waals surface area contributed by atoms with Crippen LogP contribution in [0.2, 0.25) is 10.0 Å². The van der Waals surface area contributed by atoms with Gasteiger partial charge in [-0.05, 0) is 37.3 Å². The van der Waals surface area contributed by atoms with E-state index in [9.17, 15) is 14.4 Å². The molecule has 0 aliphatic carbocycles. The molecule has 1 unspecified atom stereocenters. The fourth-order valence-corrected chi connectivity index (χ4v) is 2.98. The summed E-state index contributed by atoms with van der Waals surface area (Å²) in [5, 5.41) is 2.98. The van der Waals surface area contributed by atoms with Crippen LogP contribution in [0.15, 0.2) is 36.4 Å². The van der Waals surface area contributed by atoms with E-state index in [0.717, 1.165) is 4.90 Å². The molecule has 0 aromatic heterocycles. The van der Waals surface area contributed by atoms with Crippen LogP contribution in [0.5, 0.6) is 0 Å². The lowest BCUT2D eigenvalue weighted by Gasteiger charge is -2.21. The number of rotatable bonds is 3. The maximum Gasteiger partial charge on any atom is 0.262 e. The van der Waals surface area contributed by atoms with Crippen molar-refractivity contribution in [2.75, 3.05) is 5.32 Å². The summed E-state index contributed by atoms with van der Waals surface area (Å²) in [6.07, 6.45) is 5.34. The molecule has 3 rings (SSSR count). The minimum absolute atomic E-state index is 0.123. The molecule has 2 aromatic rings. The molecule has 0 saturated heterocycles. The smallest absolute Gasteiger partial charge is 0.262 e. The van der Waals surface area contributed by atoms with Gasteiger partial charge in [0.15, 0.2) is 0 Å². The van der Waals surface area contributed by atoms with Crippen LogP contribution >= 0.6 is 23.2 Å². The van der Waals surface area contributed by atoms with Crippen molar-refractivity contribution in [3.63, 3.8) is 0 Å². The molecule has 1 atom stereocenters. The Hall–Kier alpha value is -2.81. The maximum atomic E-state index is 12.6. The average Bonchev–Trinajstić information content (AvgIpc) is 2.85. The molecular weight excluding hydrogens is 375 g/mol. The molecule has 2 aromatic carbocycles. The van der Waals surface area contributed by atoms with E-state index in [2.05, 4.69) is 11.2 Å². The molecular formula is C19H12Cl2N2O3. The Kier molecular flexibility index (Phi) is 4.73. The zero-order valence-corrected chi connectivity index (χ0v) is 15.1. The monoisotopic (exact) mass is 386 g/mol. The first-order valence-electron chi connectivity index (χ1n) is 7.58. The van der Waals surface area contributed by atoms with Gasteiger partial charge in [-0.3, -0.25) is 19.3 Å². The van der Waals surface area contributed by atoms with Gasteiger partial charge in [0.1, 0.15) is 6.04 Å². The Morgan fingerprint density at radius 1 is 1.12 bits per heavy atom. The van der Waals surface area contributed by atoms with Gasteiger partial charge >= 0.3 is 0 Å². The molecule has 26 heavy (non-hydrogen) atoms. The minimum atomic E-state index is -1.03. The zero-order valence-electron chi connectivity index (χ0n) is 13.5. The van der Waals surface area contributed by atoms with Crippen LogP contribution < -0.4 is 5.32 Å². The number of halogens is 2. The summed E-state index contributed by atoms with van der Waals surface area (Å²) in [4.78, 5) is 38.5. The number of anilines is 1. The highest BCUT2D eigenvalue weighted by Crippen LogP contribution is 2.32. The third-order valence-electron chi connectivity index (χ3n) is 4.02. The van der Waals surface area contributed by atoms with Crippen LogP contribution in [0.3, 0.4) is 0 Å². The second kappa shape index (κ2) is 6.83. The summed E-state index contributed by atoms with van der Waals surface area (Å²) in [6.45, 7) is 1.46. The van der Waals surface area contributed by atoms with E-state index >= 15 is 0 Å². The fourth-order valence-electron chi connectivity index (χ4n) is 2.65. The lowest BCUT2D eigenvalue weighted by molar-refractivity contribution is -0.119. The van der Waals surface area contributed by atoms with Crippen LogP contribution in [0.25, 0.3) is 0 Å². The van der Waals surface area contributed by atoms with E-state index in [1.54, 1.807) is 24.3 Å². The van der Waals surface area contributed by atoms with Crippen molar-refractivity contribution >= 4 is 46.6 Å². The van der Waals surface area contributed by atoms with Crippen molar-refractivity contribution < 1.29 is 14.4 Å². The quantitative estimate of drug-likeness (QED) is 0.647. The van der Waals surface area contributed by atoms with Gasteiger partial charge in [-0.1, -0.05) is 35.2 Å². The summed E-state index contributed by atoms with van der Waals surface area (Å²) >= 11 is 11.8. The molecule has 0 radical (unpaired) electrons. The highest BCUT2D eigenvalue weighted by Gasteiger charge is 2.41. The Labute approximate surface area is 159 Å². The Bertz CT molecular complexity index is 954. The molecule has 5 nitrogen and oxygen atoms in total. The van der Waals surface area contributed by atoms with Gasteiger partial charge in [-0.25, -0.2) is 0 Å². The third-order valence-corrected chi connectivity index (χ3v) is 4.74. The van der Waals surface area contributed by atoms with E-state index in [0.29, 0.717) is 11.3 Å². The van der Waals surface area contributed by atoms with Crippen LogP contribution in [-0.2, 0) is 4.79 Å². The van der Waals surface area contributed by atoms with E-state index in [-0.39, 0.29) is 21.2 Å². The highest BCUT2D eigenvalue weighted by atomic mass is 35.5. The number of nitrogens with one attached hydrogen (secondary N) is 1. The lowest BCUT2D eigenvalue weighted by Crippen LogP contribution is -2.45. The number of amides is 3. The molecule has 0 spiro atoms. The first kappa shape index (κ1) is 18.0. The second-order valence-corrected chi connectivity index (χ2v) is 6.50. The molecule has 0 saturated carbocycles. The van der Waals surface area contributed by atoms with Crippen molar-refractivity contribution in [1.82, 2.24) is 4.90 Å². The molecule has 3 amide bonds. The summed E-state index contributed by atoms with van der Waals surface area (Å²) < 4.78 is 0. The van der Waals surface area contributed by atoms with Gasteiger partial charge in [-0.15, -0.1) is 6.42 Å². The molecule has 1 N–H and O–H groups in total. The Balaban J connectivity index is 1.85. The number of imide groups is 1. The van der Waals surface area contributed by atoms with E-state index in [4.69, 9.17) is 29.6 Å². The topological polar surface area (TPSA) is 66.5 Å². The number of benzene rings is 2. The number of carbonyl (C=O) groups is 3. The SMILES string of the molecule is C#Cc1cccc(NC(=O)C(C)N2C(=O)c3cc(Cl)c(Cl)cc3C2=O)c1. The van der Waals surface area contributed by atoms with Crippen molar-refractivity contribution in [2.45, 2.75) is 13.0 Å². The van der Waals surface area contributed by atoms with Gasteiger partial charge in [0, 0.05) is 11.3 Å². The molecule has 7 heteroatoms. The van der Waals surface area contributed by atoms with Crippen molar-refractivity contribution in [3.05, 3.63) is 63.1 Å². The Morgan fingerprint density at radius 2 is 1.69 bits per heavy atom. The van der Waals surface area contributed by atoms with Gasteiger partial charge in [0.2, 0.25) is 5.91 Å². The lowest BCUT2D eigenvalue weighted by atomic mass is 10.1. The number of hydrogen-bond acceptors (Lipinski definition) is 3. The normalized spacial score (nSPS) is 14.0. The molecule has 130 valence electrons. The average molecular weight is 387 g/mol. The summed E-state index contributed by atoms with van der Waals surface area (Å²) in [6, 6.07) is 8.33. The predicted octanol–water partition coefficient (Wildman–Crippen LogP) is 3.60. The molecule has 1 aliphatic heterocycles. The van der Waals surface area contributed by atoms with Gasteiger partial charge in [0.05, 0.1) is 21.2 Å². The number of hydrogen-bond donors (Lipinski definition) is 1. The molecule has 0 bridgehead atoms. The van der Waals surface area contributed by atoms with Crippen molar-refractivity contribution in [3.8, 4) is 12.3 Å². The van der Waals surface area contributed by atoms with Gasteiger partial charge < -0.3 is 5.32 Å². The standard InChI is InChI=1S/C19H12Cl2N2O3/c1-3-11-5-4-6-12(7-11)22-17(24)10(2)23-18(25)13-8-15(20)16(21)9-14(13)19(23)26/h1,4-10H,2H3,(H,22,24). The van der Waals surface area contributed by atoms with Crippen molar-refractivity contribution in [2.24, 2.45) is 0 Å². The van der Waals surface area contributed by atoms with Gasteiger partial charge in [0.25, 0.3) is 11.8 Å². The Morgan fingerprint density at radius 3 is 2.23 bits per heavy atom. The largest absolute Gasteiger partial charge is 0.324 e. The summed E-state index contributed by atoms with van der Waals surface area (Å²) in [5.74, 6) is 0.756. The van der Waals surface area contributed by atoms with Crippen LogP contribution in [0.4, 0.5) is 5.69 Å². The number of nitrogens with zero attached hydrogens (tertiary/aromatic N) is 1. The van der Waals surface area contributed by atoms with E-state index in [1.807, 2.05) is 0 Å². The zero-order chi connectivity index (χ0) is 19.0. The number of carbonyl (C=O) groups excluding carboxylic acids is 3. The first-order chi connectivity index (χ1) is 12.3.